The van der Waals surface area contributed by atoms with Gasteiger partial charge < -0.3 is 14.8 Å². The first-order valence-corrected chi connectivity index (χ1v) is 5.73. The van der Waals surface area contributed by atoms with E-state index in [1.54, 1.807) is 0 Å². The molecule has 1 heterocycles. The minimum absolute atomic E-state index is 0.124. The van der Waals surface area contributed by atoms with Gasteiger partial charge in [0.25, 0.3) is 0 Å². The average molecular weight is 215 g/mol. The van der Waals surface area contributed by atoms with Gasteiger partial charge in [-0.05, 0) is 33.2 Å². The third-order valence-electron chi connectivity index (χ3n) is 2.46. The molecule has 1 rings (SSSR count). The van der Waals surface area contributed by atoms with E-state index in [1.165, 1.54) is 0 Å². The molecule has 0 aliphatic carbocycles. The third-order valence-corrected chi connectivity index (χ3v) is 2.46. The summed E-state index contributed by atoms with van der Waals surface area (Å²) in [4.78, 5) is 11.5. The summed E-state index contributed by atoms with van der Waals surface area (Å²) >= 11 is 0. The Kier molecular flexibility index (Phi) is 5.65. The molecule has 4 nitrogen and oxygen atoms in total. The van der Waals surface area contributed by atoms with Crippen LogP contribution >= 0.6 is 0 Å². The molecule has 1 saturated heterocycles. The zero-order valence-corrected chi connectivity index (χ0v) is 9.62. The summed E-state index contributed by atoms with van der Waals surface area (Å²) in [6.45, 7) is 5.95. The second-order valence-electron chi connectivity index (χ2n) is 3.96. The maximum Gasteiger partial charge on any atom is 0.307 e. The zero-order valence-electron chi connectivity index (χ0n) is 9.62. The number of carbonyl (C=O) groups excluding carboxylic acids is 1. The first-order chi connectivity index (χ1) is 7.22. The lowest BCUT2D eigenvalue weighted by atomic mass is 10.2. The first-order valence-electron chi connectivity index (χ1n) is 5.73. The molecule has 0 spiro atoms. The van der Waals surface area contributed by atoms with Crippen LogP contribution in [0.4, 0.5) is 0 Å². The molecular weight excluding hydrogens is 194 g/mol. The second kappa shape index (κ2) is 6.80. The van der Waals surface area contributed by atoms with Crippen LogP contribution in [0.2, 0.25) is 0 Å². The SMILES string of the molecule is CCOCC(C)OC(=O)CC1CCCN1. The van der Waals surface area contributed by atoms with Gasteiger partial charge in [-0.15, -0.1) is 0 Å². The van der Waals surface area contributed by atoms with Crippen molar-refractivity contribution in [2.75, 3.05) is 19.8 Å². The topological polar surface area (TPSA) is 47.6 Å². The molecule has 0 aromatic rings. The maximum atomic E-state index is 11.5. The zero-order chi connectivity index (χ0) is 11.1. The number of carbonyl (C=O) groups is 1. The second-order valence-corrected chi connectivity index (χ2v) is 3.96. The number of esters is 1. The maximum absolute atomic E-state index is 11.5. The van der Waals surface area contributed by atoms with Crippen LogP contribution in [0.15, 0.2) is 0 Å². The normalized spacial score (nSPS) is 22.7. The van der Waals surface area contributed by atoms with Crippen LogP contribution in [0.3, 0.4) is 0 Å². The lowest BCUT2D eigenvalue weighted by Crippen LogP contribution is -2.28. The van der Waals surface area contributed by atoms with Crippen molar-refractivity contribution >= 4 is 5.97 Å². The van der Waals surface area contributed by atoms with Crippen molar-refractivity contribution in [1.82, 2.24) is 5.32 Å². The van der Waals surface area contributed by atoms with Gasteiger partial charge in [-0.1, -0.05) is 0 Å². The highest BCUT2D eigenvalue weighted by molar-refractivity contribution is 5.70. The summed E-state index contributed by atoms with van der Waals surface area (Å²) in [5.41, 5.74) is 0. The van der Waals surface area contributed by atoms with Crippen LogP contribution in [-0.2, 0) is 14.3 Å². The predicted molar refractivity (Wildman–Crippen MR) is 57.7 cm³/mol. The van der Waals surface area contributed by atoms with E-state index < -0.39 is 0 Å². The molecule has 15 heavy (non-hydrogen) atoms. The molecule has 2 atom stereocenters. The van der Waals surface area contributed by atoms with Crippen LogP contribution in [0.25, 0.3) is 0 Å². The van der Waals surface area contributed by atoms with Gasteiger partial charge in [0.1, 0.15) is 6.10 Å². The predicted octanol–water partition coefficient (Wildman–Crippen LogP) is 1.10. The van der Waals surface area contributed by atoms with Gasteiger partial charge in [-0.3, -0.25) is 4.79 Å². The Morgan fingerprint density at radius 3 is 3.00 bits per heavy atom. The van der Waals surface area contributed by atoms with E-state index in [-0.39, 0.29) is 12.1 Å². The Balaban J connectivity index is 2.11. The summed E-state index contributed by atoms with van der Waals surface area (Å²) in [7, 11) is 0. The summed E-state index contributed by atoms with van der Waals surface area (Å²) < 4.78 is 10.4. The summed E-state index contributed by atoms with van der Waals surface area (Å²) in [5, 5.41) is 3.27. The summed E-state index contributed by atoms with van der Waals surface area (Å²) in [6, 6.07) is 0.316. The molecule has 0 bridgehead atoms. The minimum atomic E-state index is -0.140. The van der Waals surface area contributed by atoms with E-state index in [1.807, 2.05) is 13.8 Å². The molecule has 4 heteroatoms. The number of hydrogen-bond acceptors (Lipinski definition) is 4. The molecule has 1 fully saturated rings. The van der Waals surface area contributed by atoms with Gasteiger partial charge in [0, 0.05) is 12.6 Å². The van der Waals surface area contributed by atoms with Crippen molar-refractivity contribution in [3.63, 3.8) is 0 Å². The Morgan fingerprint density at radius 1 is 1.60 bits per heavy atom. The van der Waals surface area contributed by atoms with E-state index in [4.69, 9.17) is 9.47 Å². The molecule has 1 aliphatic heterocycles. The van der Waals surface area contributed by atoms with Gasteiger partial charge in [-0.2, -0.15) is 0 Å². The molecule has 0 aromatic carbocycles. The molecule has 0 radical (unpaired) electrons. The fraction of sp³-hybridized carbons (Fsp3) is 0.909. The van der Waals surface area contributed by atoms with Crippen molar-refractivity contribution in [2.24, 2.45) is 0 Å². The van der Waals surface area contributed by atoms with Gasteiger partial charge in [0.05, 0.1) is 13.0 Å². The smallest absolute Gasteiger partial charge is 0.307 e. The number of hydrogen-bond donors (Lipinski definition) is 1. The number of ether oxygens (including phenoxy) is 2. The Hall–Kier alpha value is -0.610. The Labute approximate surface area is 91.3 Å². The largest absolute Gasteiger partial charge is 0.460 e. The highest BCUT2D eigenvalue weighted by atomic mass is 16.6. The summed E-state index contributed by atoms with van der Waals surface area (Å²) in [5.74, 6) is -0.124. The minimum Gasteiger partial charge on any atom is -0.460 e. The van der Waals surface area contributed by atoms with Crippen LogP contribution in [0.5, 0.6) is 0 Å². The third kappa shape index (κ3) is 5.14. The first kappa shape index (κ1) is 12.5. The van der Waals surface area contributed by atoms with E-state index in [2.05, 4.69) is 5.32 Å². The van der Waals surface area contributed by atoms with E-state index in [9.17, 15) is 4.79 Å². The molecule has 0 aromatic heterocycles. The highest BCUT2D eigenvalue weighted by Gasteiger charge is 2.19. The van der Waals surface area contributed by atoms with Gasteiger partial charge in [0.2, 0.25) is 0 Å². The molecule has 0 amide bonds. The van der Waals surface area contributed by atoms with Crippen molar-refractivity contribution in [2.45, 2.75) is 45.3 Å². The van der Waals surface area contributed by atoms with Gasteiger partial charge in [-0.25, -0.2) is 0 Å². The fourth-order valence-electron chi connectivity index (χ4n) is 1.72. The Morgan fingerprint density at radius 2 is 2.40 bits per heavy atom. The van der Waals surface area contributed by atoms with E-state index >= 15 is 0 Å². The molecule has 0 saturated carbocycles. The fourth-order valence-corrected chi connectivity index (χ4v) is 1.72. The van der Waals surface area contributed by atoms with Crippen molar-refractivity contribution in [3.8, 4) is 0 Å². The molecule has 88 valence electrons. The molecule has 1 aliphatic rings. The van der Waals surface area contributed by atoms with Crippen molar-refractivity contribution < 1.29 is 14.3 Å². The molecule has 2 unspecified atom stereocenters. The van der Waals surface area contributed by atoms with E-state index in [0.717, 1.165) is 19.4 Å². The lowest BCUT2D eigenvalue weighted by molar-refractivity contribution is -0.151. The quantitative estimate of drug-likeness (QED) is 0.674. The van der Waals surface area contributed by atoms with E-state index in [0.29, 0.717) is 25.7 Å². The van der Waals surface area contributed by atoms with Crippen LogP contribution in [-0.4, -0.2) is 37.9 Å². The lowest BCUT2D eigenvalue weighted by Gasteiger charge is -2.15. The number of nitrogens with one attached hydrogen (secondary N) is 1. The monoisotopic (exact) mass is 215 g/mol. The van der Waals surface area contributed by atoms with Crippen molar-refractivity contribution in [1.29, 1.82) is 0 Å². The average Bonchev–Trinajstić information content (AvgIpc) is 2.67. The van der Waals surface area contributed by atoms with Crippen LogP contribution in [0.1, 0.15) is 33.1 Å². The standard InChI is InChI=1S/C11H21NO3/c1-3-14-8-9(2)15-11(13)7-10-5-4-6-12-10/h9-10,12H,3-8H2,1-2H3. The number of rotatable bonds is 6. The summed E-state index contributed by atoms with van der Waals surface area (Å²) in [6.07, 6.45) is 2.58. The highest BCUT2D eigenvalue weighted by Crippen LogP contribution is 2.10. The van der Waals surface area contributed by atoms with Crippen LogP contribution < -0.4 is 5.32 Å². The Bertz CT molecular complexity index is 190. The van der Waals surface area contributed by atoms with Crippen LogP contribution in [0, 0.1) is 0 Å². The molecule has 1 N–H and O–H groups in total. The molecular formula is C11H21NO3. The van der Waals surface area contributed by atoms with Gasteiger partial charge >= 0.3 is 5.97 Å². The van der Waals surface area contributed by atoms with Crippen molar-refractivity contribution in [3.05, 3.63) is 0 Å². The van der Waals surface area contributed by atoms with Gasteiger partial charge in [0.15, 0.2) is 0 Å².